The molecule has 0 fully saturated rings. The van der Waals surface area contributed by atoms with Gasteiger partial charge >= 0.3 is 0 Å². The standard InChI is InChI=1S/C11H8BrClFN3S/c1-5-9(15)10(17-18-5)11(13)16-6-2-3-8(14)7(12)4-6/h2-4H,15H2,1H3. The molecule has 0 saturated carbocycles. The molecule has 0 aliphatic heterocycles. The Morgan fingerprint density at radius 2 is 2.28 bits per heavy atom. The molecule has 1 aromatic carbocycles. The number of halogens is 3. The van der Waals surface area contributed by atoms with Crippen LogP contribution in [0.2, 0.25) is 0 Å². The molecular weight excluding hydrogens is 341 g/mol. The van der Waals surface area contributed by atoms with E-state index < -0.39 is 0 Å². The zero-order valence-electron chi connectivity index (χ0n) is 9.25. The number of nitrogens with two attached hydrogens (primary N) is 1. The van der Waals surface area contributed by atoms with E-state index in [0.717, 1.165) is 4.88 Å². The number of aryl methyl sites for hydroxylation is 1. The molecule has 0 amide bonds. The van der Waals surface area contributed by atoms with Gasteiger partial charge in [0.1, 0.15) is 11.5 Å². The van der Waals surface area contributed by atoms with Gasteiger partial charge in [-0.15, -0.1) is 0 Å². The quantitative estimate of drug-likeness (QED) is 0.825. The first-order chi connectivity index (χ1) is 8.49. The minimum atomic E-state index is -0.353. The monoisotopic (exact) mass is 347 g/mol. The van der Waals surface area contributed by atoms with E-state index in [4.69, 9.17) is 17.3 Å². The van der Waals surface area contributed by atoms with Crippen molar-refractivity contribution in [3.8, 4) is 0 Å². The van der Waals surface area contributed by atoms with Gasteiger partial charge < -0.3 is 5.73 Å². The Labute approximate surface area is 121 Å². The number of aliphatic imine (C=N–C) groups is 1. The van der Waals surface area contributed by atoms with Gasteiger partial charge in [-0.2, -0.15) is 4.37 Å². The Hall–Kier alpha value is -0.980. The van der Waals surface area contributed by atoms with E-state index in [1.807, 2.05) is 6.92 Å². The summed E-state index contributed by atoms with van der Waals surface area (Å²) < 4.78 is 17.5. The second kappa shape index (κ2) is 5.34. The molecule has 0 spiro atoms. The molecule has 2 aromatic rings. The predicted octanol–water partition coefficient (Wildman–Crippen LogP) is 4.25. The fourth-order valence-electron chi connectivity index (χ4n) is 1.25. The largest absolute Gasteiger partial charge is 0.396 e. The number of benzene rings is 1. The van der Waals surface area contributed by atoms with E-state index in [0.29, 0.717) is 21.5 Å². The van der Waals surface area contributed by atoms with Crippen LogP contribution in [0.5, 0.6) is 0 Å². The summed E-state index contributed by atoms with van der Waals surface area (Å²) in [6.07, 6.45) is 0. The van der Waals surface area contributed by atoms with Crippen LogP contribution in [-0.2, 0) is 0 Å². The highest BCUT2D eigenvalue weighted by molar-refractivity contribution is 9.10. The highest BCUT2D eigenvalue weighted by Gasteiger charge is 2.12. The van der Waals surface area contributed by atoms with Crippen LogP contribution in [0.1, 0.15) is 10.6 Å². The number of hydrogen-bond acceptors (Lipinski definition) is 4. The van der Waals surface area contributed by atoms with Crippen LogP contribution in [0.3, 0.4) is 0 Å². The van der Waals surface area contributed by atoms with Crippen molar-refractivity contribution < 1.29 is 4.39 Å². The van der Waals surface area contributed by atoms with Crippen LogP contribution in [-0.4, -0.2) is 9.54 Å². The summed E-state index contributed by atoms with van der Waals surface area (Å²) in [7, 11) is 0. The van der Waals surface area contributed by atoms with Gasteiger partial charge in [0.15, 0.2) is 5.17 Å². The lowest BCUT2D eigenvalue weighted by molar-refractivity contribution is 0.621. The van der Waals surface area contributed by atoms with Gasteiger partial charge in [-0.1, -0.05) is 11.6 Å². The highest BCUT2D eigenvalue weighted by atomic mass is 79.9. The summed E-state index contributed by atoms with van der Waals surface area (Å²) >= 11 is 10.4. The molecule has 2 N–H and O–H groups in total. The third-order valence-corrected chi connectivity index (χ3v) is 3.87. The summed E-state index contributed by atoms with van der Waals surface area (Å²) in [5.41, 5.74) is 7.33. The molecule has 7 heteroatoms. The Morgan fingerprint density at radius 1 is 1.56 bits per heavy atom. The number of aromatic nitrogens is 1. The number of nitrogen functional groups attached to an aromatic ring is 1. The van der Waals surface area contributed by atoms with E-state index in [9.17, 15) is 4.39 Å². The van der Waals surface area contributed by atoms with Crippen LogP contribution in [0, 0.1) is 12.7 Å². The Balaban J connectivity index is 2.38. The van der Waals surface area contributed by atoms with Gasteiger partial charge in [0.2, 0.25) is 0 Å². The van der Waals surface area contributed by atoms with Crippen molar-refractivity contribution in [2.75, 3.05) is 5.73 Å². The average Bonchev–Trinajstić information content (AvgIpc) is 2.65. The summed E-state index contributed by atoms with van der Waals surface area (Å²) in [5.74, 6) is -0.353. The van der Waals surface area contributed by atoms with Gasteiger partial charge in [0, 0.05) is 4.88 Å². The van der Waals surface area contributed by atoms with Crippen LogP contribution < -0.4 is 5.73 Å². The summed E-state index contributed by atoms with van der Waals surface area (Å²) in [6.45, 7) is 1.86. The van der Waals surface area contributed by atoms with E-state index >= 15 is 0 Å². The molecule has 94 valence electrons. The SMILES string of the molecule is Cc1snc(C(Cl)=Nc2ccc(F)c(Br)c2)c1N. The van der Waals surface area contributed by atoms with Crippen molar-refractivity contribution in [3.63, 3.8) is 0 Å². The molecule has 0 bridgehead atoms. The Kier molecular flexibility index (Phi) is 3.99. The summed E-state index contributed by atoms with van der Waals surface area (Å²) in [6, 6.07) is 4.37. The van der Waals surface area contributed by atoms with Crippen molar-refractivity contribution in [2.24, 2.45) is 4.99 Å². The van der Waals surface area contributed by atoms with E-state index in [1.54, 1.807) is 0 Å². The summed E-state index contributed by atoms with van der Waals surface area (Å²) in [4.78, 5) is 5.04. The third-order valence-electron chi connectivity index (χ3n) is 2.23. The zero-order valence-corrected chi connectivity index (χ0v) is 12.4. The van der Waals surface area contributed by atoms with Crippen molar-refractivity contribution in [1.82, 2.24) is 4.37 Å². The number of hydrogen-bond donors (Lipinski definition) is 1. The number of anilines is 1. The van der Waals surface area contributed by atoms with Gasteiger partial charge in [-0.25, -0.2) is 9.38 Å². The normalized spacial score (nSPS) is 11.9. The van der Waals surface area contributed by atoms with Crippen LogP contribution in [0.15, 0.2) is 27.7 Å². The molecular formula is C11H8BrClFN3S. The van der Waals surface area contributed by atoms with Crippen molar-refractivity contribution in [1.29, 1.82) is 0 Å². The molecule has 1 aromatic heterocycles. The molecule has 2 rings (SSSR count). The fraction of sp³-hybridized carbons (Fsp3) is 0.0909. The first-order valence-electron chi connectivity index (χ1n) is 4.90. The summed E-state index contributed by atoms with van der Waals surface area (Å²) in [5, 5.41) is 0.190. The molecule has 18 heavy (non-hydrogen) atoms. The van der Waals surface area contributed by atoms with Crippen molar-refractivity contribution in [3.05, 3.63) is 39.1 Å². The van der Waals surface area contributed by atoms with Gasteiger partial charge in [-0.05, 0) is 52.6 Å². The topological polar surface area (TPSA) is 51.3 Å². The average molecular weight is 349 g/mol. The second-order valence-electron chi connectivity index (χ2n) is 3.50. The molecule has 0 atom stereocenters. The minimum absolute atomic E-state index is 0.190. The first-order valence-corrected chi connectivity index (χ1v) is 6.85. The van der Waals surface area contributed by atoms with Crippen molar-refractivity contribution >= 4 is 55.6 Å². The zero-order chi connectivity index (χ0) is 13.3. The predicted molar refractivity (Wildman–Crippen MR) is 77.4 cm³/mol. The molecule has 0 aliphatic rings. The molecule has 0 saturated heterocycles. The van der Waals surface area contributed by atoms with Crippen molar-refractivity contribution in [2.45, 2.75) is 6.92 Å². The molecule has 0 aliphatic carbocycles. The maximum Gasteiger partial charge on any atom is 0.158 e. The van der Waals surface area contributed by atoms with Crippen LogP contribution >= 0.6 is 39.1 Å². The first kappa shape index (κ1) is 13.5. The number of rotatable bonds is 2. The second-order valence-corrected chi connectivity index (χ2v) is 5.69. The van der Waals surface area contributed by atoms with E-state index in [2.05, 4.69) is 25.3 Å². The lowest BCUT2D eigenvalue weighted by atomic mass is 10.3. The van der Waals surface area contributed by atoms with Gasteiger partial charge in [0.05, 0.1) is 15.8 Å². The lowest BCUT2D eigenvalue weighted by Crippen LogP contribution is -1.97. The number of nitrogens with zero attached hydrogens (tertiary/aromatic N) is 2. The maximum absolute atomic E-state index is 13.1. The molecule has 0 radical (unpaired) electrons. The Bertz CT molecular complexity index is 627. The van der Waals surface area contributed by atoms with Gasteiger partial charge in [-0.3, -0.25) is 0 Å². The maximum atomic E-state index is 13.1. The fourth-order valence-corrected chi connectivity index (χ4v) is 2.52. The molecule has 1 heterocycles. The third kappa shape index (κ3) is 2.71. The van der Waals surface area contributed by atoms with Gasteiger partial charge in [0.25, 0.3) is 0 Å². The van der Waals surface area contributed by atoms with E-state index in [1.165, 1.54) is 29.7 Å². The minimum Gasteiger partial charge on any atom is -0.396 e. The van der Waals surface area contributed by atoms with Crippen LogP contribution in [0.25, 0.3) is 0 Å². The van der Waals surface area contributed by atoms with E-state index in [-0.39, 0.29) is 11.0 Å². The lowest BCUT2D eigenvalue weighted by Gasteiger charge is -1.99. The molecule has 0 unspecified atom stereocenters. The van der Waals surface area contributed by atoms with Crippen LogP contribution in [0.4, 0.5) is 15.8 Å². The molecule has 3 nitrogen and oxygen atoms in total. The Morgan fingerprint density at radius 3 is 2.83 bits per heavy atom. The smallest absolute Gasteiger partial charge is 0.158 e. The highest BCUT2D eigenvalue weighted by Crippen LogP contribution is 2.26.